The summed E-state index contributed by atoms with van der Waals surface area (Å²) in [7, 11) is 0. The molecule has 3 N–H and O–H groups in total. The summed E-state index contributed by atoms with van der Waals surface area (Å²) in [5.74, 6) is 0. The van der Waals surface area contributed by atoms with E-state index in [0.29, 0.717) is 6.61 Å². The minimum Gasteiger partial charge on any atom is -0.394 e. The molecule has 1 aliphatic rings. The van der Waals surface area contributed by atoms with E-state index in [9.17, 15) is 10.2 Å². The number of aliphatic hydroxyl groups excluding tert-OH is 3. The van der Waals surface area contributed by atoms with E-state index in [0.717, 1.165) is 25.7 Å². The van der Waals surface area contributed by atoms with Gasteiger partial charge in [-0.25, -0.2) is 0 Å². The van der Waals surface area contributed by atoms with Crippen molar-refractivity contribution >= 4 is 0 Å². The maximum atomic E-state index is 9.96. The third-order valence-electron chi connectivity index (χ3n) is 3.97. The number of unbranched alkanes of at least 4 members (excludes halogenated alkanes) is 5. The Morgan fingerprint density at radius 1 is 1.18 bits per heavy atom. The van der Waals surface area contributed by atoms with E-state index in [2.05, 4.69) is 19.1 Å². The molecule has 1 rings (SSSR count). The van der Waals surface area contributed by atoms with Gasteiger partial charge in [0, 0.05) is 6.61 Å². The lowest BCUT2D eigenvalue weighted by Crippen LogP contribution is -2.41. The highest BCUT2D eigenvalue weighted by atomic mass is 16.6. The summed E-state index contributed by atoms with van der Waals surface area (Å²) in [6, 6.07) is 0. The highest BCUT2D eigenvalue weighted by molar-refractivity contribution is 4.88. The lowest BCUT2D eigenvalue weighted by molar-refractivity contribution is -0.0730. The van der Waals surface area contributed by atoms with Gasteiger partial charge in [-0.15, -0.1) is 0 Å². The minimum absolute atomic E-state index is 0.267. The molecule has 1 aliphatic heterocycles. The number of hydrogen-bond acceptors (Lipinski definition) is 5. The summed E-state index contributed by atoms with van der Waals surface area (Å²) in [6.07, 6.45) is 9.46. The van der Waals surface area contributed by atoms with Crippen molar-refractivity contribution in [1.29, 1.82) is 0 Å². The van der Waals surface area contributed by atoms with Gasteiger partial charge in [0.05, 0.1) is 13.2 Å². The summed E-state index contributed by atoms with van der Waals surface area (Å²) in [4.78, 5) is 0. The van der Waals surface area contributed by atoms with Crippen molar-refractivity contribution in [2.45, 2.75) is 76.3 Å². The Labute approximate surface area is 133 Å². The molecule has 5 nitrogen and oxygen atoms in total. The number of hydrogen-bond donors (Lipinski definition) is 3. The van der Waals surface area contributed by atoms with Crippen LogP contribution >= 0.6 is 0 Å². The largest absolute Gasteiger partial charge is 0.394 e. The predicted molar refractivity (Wildman–Crippen MR) is 85.7 cm³/mol. The molecule has 0 amide bonds. The fourth-order valence-electron chi connectivity index (χ4n) is 2.54. The van der Waals surface area contributed by atoms with Gasteiger partial charge in [-0.3, -0.25) is 0 Å². The molecule has 0 aromatic heterocycles. The Morgan fingerprint density at radius 3 is 2.59 bits per heavy atom. The maximum absolute atomic E-state index is 9.96. The number of allylic oxidation sites excluding steroid dienone is 2. The zero-order valence-corrected chi connectivity index (χ0v) is 13.7. The summed E-state index contributed by atoms with van der Waals surface area (Å²) in [5, 5.41) is 28.3. The van der Waals surface area contributed by atoms with Crippen LogP contribution in [0.4, 0.5) is 0 Å². The highest BCUT2D eigenvalue weighted by Crippen LogP contribution is 2.20. The average molecular weight is 316 g/mol. The highest BCUT2D eigenvalue weighted by Gasteiger charge is 2.40. The first-order chi connectivity index (χ1) is 10.7. The molecule has 130 valence electrons. The molecule has 0 saturated carbocycles. The van der Waals surface area contributed by atoms with Gasteiger partial charge in [0.2, 0.25) is 0 Å². The summed E-state index contributed by atoms with van der Waals surface area (Å²) >= 11 is 0. The molecule has 1 saturated heterocycles. The van der Waals surface area contributed by atoms with Crippen LogP contribution in [0.25, 0.3) is 0 Å². The van der Waals surface area contributed by atoms with Crippen LogP contribution in [-0.2, 0) is 9.47 Å². The fraction of sp³-hybridized carbons (Fsp3) is 0.882. The molecule has 0 aliphatic carbocycles. The quantitative estimate of drug-likeness (QED) is 0.378. The van der Waals surface area contributed by atoms with Crippen molar-refractivity contribution < 1.29 is 24.8 Å². The summed E-state index contributed by atoms with van der Waals surface area (Å²) in [6.45, 7) is 2.64. The van der Waals surface area contributed by atoms with E-state index in [4.69, 9.17) is 14.6 Å². The van der Waals surface area contributed by atoms with Gasteiger partial charge in [-0.1, -0.05) is 38.3 Å². The second-order valence-electron chi connectivity index (χ2n) is 5.91. The Hall–Kier alpha value is -0.460. The zero-order chi connectivity index (χ0) is 16.2. The number of aliphatic hydroxyl groups is 3. The lowest BCUT2D eigenvalue weighted by Gasteiger charge is -2.20. The van der Waals surface area contributed by atoms with Crippen LogP contribution in [-0.4, -0.2) is 59.6 Å². The molecule has 1 fully saturated rings. The van der Waals surface area contributed by atoms with E-state index >= 15 is 0 Å². The first-order valence-electron chi connectivity index (χ1n) is 8.55. The molecule has 4 atom stereocenters. The SMILES string of the molecule is CCCC/C=C/CCCCCO[C@H]1CO[C@H]([C@H](O)CO)[C@@H]1O. The monoisotopic (exact) mass is 316 g/mol. The number of ether oxygens (including phenoxy) is 2. The van der Waals surface area contributed by atoms with Crippen molar-refractivity contribution in [3.05, 3.63) is 12.2 Å². The van der Waals surface area contributed by atoms with Crippen molar-refractivity contribution in [2.24, 2.45) is 0 Å². The zero-order valence-electron chi connectivity index (χ0n) is 13.7. The first kappa shape index (κ1) is 19.6. The molecule has 0 aromatic rings. The first-order valence-corrected chi connectivity index (χ1v) is 8.55. The molecular formula is C17H32O5. The standard InChI is InChI=1S/C17H32O5/c1-2-3-4-5-6-7-8-9-10-11-21-15-13-22-17(16(15)20)14(19)12-18/h5-6,14-20H,2-4,7-13H2,1H3/b6-5+/t14-,15+,16-,17-/m1/s1. The molecule has 0 bridgehead atoms. The third kappa shape index (κ3) is 7.20. The molecule has 0 aromatic carbocycles. The van der Waals surface area contributed by atoms with Gasteiger partial charge in [0.25, 0.3) is 0 Å². The Bertz CT molecular complexity index is 295. The predicted octanol–water partition coefficient (Wildman–Crippen LogP) is 1.79. The van der Waals surface area contributed by atoms with Crippen LogP contribution in [0, 0.1) is 0 Å². The summed E-state index contributed by atoms with van der Waals surface area (Å²) in [5.41, 5.74) is 0. The van der Waals surface area contributed by atoms with Crippen molar-refractivity contribution in [3.63, 3.8) is 0 Å². The van der Waals surface area contributed by atoms with Crippen LogP contribution in [0.5, 0.6) is 0 Å². The van der Waals surface area contributed by atoms with Crippen LogP contribution in [0.3, 0.4) is 0 Å². The van der Waals surface area contributed by atoms with Gasteiger partial charge < -0.3 is 24.8 Å². The molecular weight excluding hydrogens is 284 g/mol. The Morgan fingerprint density at radius 2 is 1.91 bits per heavy atom. The van der Waals surface area contributed by atoms with Gasteiger partial charge in [0.1, 0.15) is 24.4 Å². The minimum atomic E-state index is -1.05. The van der Waals surface area contributed by atoms with Gasteiger partial charge in [-0.2, -0.15) is 0 Å². The molecule has 0 unspecified atom stereocenters. The molecule has 1 heterocycles. The van der Waals surface area contributed by atoms with Crippen LogP contribution in [0.15, 0.2) is 12.2 Å². The van der Waals surface area contributed by atoms with Crippen molar-refractivity contribution in [1.82, 2.24) is 0 Å². The van der Waals surface area contributed by atoms with E-state index in [1.165, 1.54) is 19.3 Å². The topological polar surface area (TPSA) is 79.2 Å². The van der Waals surface area contributed by atoms with Gasteiger partial charge >= 0.3 is 0 Å². The van der Waals surface area contributed by atoms with E-state index in [1.807, 2.05) is 0 Å². The van der Waals surface area contributed by atoms with Crippen molar-refractivity contribution in [2.75, 3.05) is 19.8 Å². The van der Waals surface area contributed by atoms with Crippen LogP contribution < -0.4 is 0 Å². The molecule has 0 radical (unpaired) electrons. The van der Waals surface area contributed by atoms with Crippen LogP contribution in [0.2, 0.25) is 0 Å². The third-order valence-corrected chi connectivity index (χ3v) is 3.97. The number of rotatable bonds is 12. The molecule has 22 heavy (non-hydrogen) atoms. The average Bonchev–Trinajstić information content (AvgIpc) is 2.89. The Balaban J connectivity index is 2.00. The van der Waals surface area contributed by atoms with E-state index < -0.39 is 31.0 Å². The second kappa shape index (κ2) is 12.0. The molecule has 0 spiro atoms. The van der Waals surface area contributed by atoms with Gasteiger partial charge in [-0.05, 0) is 25.7 Å². The smallest absolute Gasteiger partial charge is 0.114 e. The van der Waals surface area contributed by atoms with Crippen molar-refractivity contribution in [3.8, 4) is 0 Å². The fourth-order valence-corrected chi connectivity index (χ4v) is 2.54. The lowest BCUT2D eigenvalue weighted by atomic mass is 10.1. The molecule has 5 heteroatoms. The van der Waals surface area contributed by atoms with E-state index in [1.54, 1.807) is 0 Å². The van der Waals surface area contributed by atoms with Crippen LogP contribution in [0.1, 0.15) is 51.9 Å². The Kier molecular flexibility index (Phi) is 10.7. The maximum Gasteiger partial charge on any atom is 0.114 e. The second-order valence-corrected chi connectivity index (χ2v) is 5.91. The normalized spacial score (nSPS) is 26.8. The summed E-state index contributed by atoms with van der Waals surface area (Å²) < 4.78 is 10.9. The van der Waals surface area contributed by atoms with E-state index in [-0.39, 0.29) is 6.61 Å². The van der Waals surface area contributed by atoms with Gasteiger partial charge in [0.15, 0.2) is 0 Å².